The van der Waals surface area contributed by atoms with Gasteiger partial charge >= 0.3 is 0 Å². The van der Waals surface area contributed by atoms with E-state index in [9.17, 15) is 4.39 Å². The van der Waals surface area contributed by atoms with Crippen LogP contribution in [0.2, 0.25) is 0 Å². The highest BCUT2D eigenvalue weighted by molar-refractivity contribution is 9.10. The van der Waals surface area contributed by atoms with Crippen LogP contribution in [0.1, 0.15) is 24.1 Å². The number of hydrogen-bond acceptors (Lipinski definition) is 2. The van der Waals surface area contributed by atoms with Gasteiger partial charge in [0, 0.05) is 0 Å². The number of halogens is 3. The van der Waals surface area contributed by atoms with Gasteiger partial charge in [0.2, 0.25) is 0 Å². The van der Waals surface area contributed by atoms with Crippen LogP contribution in [-0.2, 0) is 0 Å². The van der Waals surface area contributed by atoms with Gasteiger partial charge in [0.15, 0.2) is 0 Å². The SMILES string of the molecule is CCOc1ccc(C(N)c2ccc(Br)c(F)c2)cc1Br. The van der Waals surface area contributed by atoms with E-state index < -0.39 is 0 Å². The van der Waals surface area contributed by atoms with Crippen LogP contribution in [-0.4, -0.2) is 6.61 Å². The average Bonchev–Trinajstić information content (AvgIpc) is 2.43. The monoisotopic (exact) mass is 401 g/mol. The summed E-state index contributed by atoms with van der Waals surface area (Å²) in [6, 6.07) is 10.2. The van der Waals surface area contributed by atoms with E-state index in [2.05, 4.69) is 31.9 Å². The molecule has 106 valence electrons. The van der Waals surface area contributed by atoms with Crippen molar-refractivity contribution in [3.63, 3.8) is 0 Å². The zero-order valence-corrected chi connectivity index (χ0v) is 14.0. The second kappa shape index (κ2) is 6.70. The van der Waals surface area contributed by atoms with Gasteiger partial charge in [-0.15, -0.1) is 0 Å². The molecule has 1 unspecified atom stereocenters. The summed E-state index contributed by atoms with van der Waals surface area (Å²) in [6.07, 6.45) is 0. The number of hydrogen-bond donors (Lipinski definition) is 1. The summed E-state index contributed by atoms with van der Waals surface area (Å²) in [5.74, 6) is 0.452. The van der Waals surface area contributed by atoms with Crippen LogP contribution in [0.4, 0.5) is 4.39 Å². The maximum absolute atomic E-state index is 13.6. The second-order valence-corrected chi connectivity index (χ2v) is 5.98. The van der Waals surface area contributed by atoms with Gasteiger partial charge in [0.1, 0.15) is 11.6 Å². The lowest BCUT2D eigenvalue weighted by Gasteiger charge is -2.15. The lowest BCUT2D eigenvalue weighted by Crippen LogP contribution is -2.12. The van der Waals surface area contributed by atoms with E-state index in [-0.39, 0.29) is 11.9 Å². The van der Waals surface area contributed by atoms with Crippen LogP contribution in [0, 0.1) is 5.82 Å². The predicted molar refractivity (Wildman–Crippen MR) is 85.4 cm³/mol. The summed E-state index contributed by atoms with van der Waals surface area (Å²) in [7, 11) is 0. The highest BCUT2D eigenvalue weighted by Crippen LogP contribution is 2.30. The molecule has 0 amide bonds. The fourth-order valence-corrected chi connectivity index (χ4v) is 2.64. The third-order valence-electron chi connectivity index (χ3n) is 2.92. The molecule has 5 heteroatoms. The Balaban J connectivity index is 2.30. The molecule has 2 aromatic rings. The van der Waals surface area contributed by atoms with Crippen molar-refractivity contribution < 1.29 is 9.13 Å². The molecule has 2 nitrogen and oxygen atoms in total. The van der Waals surface area contributed by atoms with Crippen molar-refractivity contribution in [2.75, 3.05) is 6.61 Å². The fraction of sp³-hybridized carbons (Fsp3) is 0.200. The first-order valence-electron chi connectivity index (χ1n) is 6.15. The van der Waals surface area contributed by atoms with Crippen molar-refractivity contribution >= 4 is 31.9 Å². The Hall–Kier alpha value is -0.910. The standard InChI is InChI=1S/C15H14Br2FNO/c1-2-20-14-6-4-9(7-12(14)17)15(19)10-3-5-11(16)13(18)8-10/h3-8,15H,2,19H2,1H3. The Kier molecular flexibility index (Phi) is 5.18. The minimum atomic E-state index is -0.385. The van der Waals surface area contributed by atoms with Crippen LogP contribution >= 0.6 is 31.9 Å². The largest absolute Gasteiger partial charge is 0.493 e. The molecule has 0 aliphatic rings. The van der Waals surface area contributed by atoms with Gasteiger partial charge in [-0.2, -0.15) is 0 Å². The van der Waals surface area contributed by atoms with Crippen molar-refractivity contribution in [3.05, 3.63) is 62.3 Å². The Morgan fingerprint density at radius 1 is 1.10 bits per heavy atom. The molecular weight excluding hydrogens is 389 g/mol. The Morgan fingerprint density at radius 2 is 1.75 bits per heavy atom. The summed E-state index contributed by atoms with van der Waals surface area (Å²) in [4.78, 5) is 0. The summed E-state index contributed by atoms with van der Waals surface area (Å²) in [6.45, 7) is 2.53. The van der Waals surface area contributed by atoms with Gasteiger partial charge < -0.3 is 10.5 Å². The second-order valence-electron chi connectivity index (χ2n) is 4.27. The average molecular weight is 403 g/mol. The molecule has 0 heterocycles. The molecule has 0 bridgehead atoms. The maximum Gasteiger partial charge on any atom is 0.137 e. The number of rotatable bonds is 4. The molecule has 2 rings (SSSR count). The zero-order valence-electron chi connectivity index (χ0n) is 10.9. The highest BCUT2D eigenvalue weighted by Gasteiger charge is 2.13. The summed E-state index contributed by atoms with van der Waals surface area (Å²) in [5, 5.41) is 0. The fourth-order valence-electron chi connectivity index (χ4n) is 1.88. The van der Waals surface area contributed by atoms with Crippen molar-refractivity contribution in [3.8, 4) is 5.75 Å². The third-order valence-corrected chi connectivity index (χ3v) is 4.18. The van der Waals surface area contributed by atoms with E-state index in [0.717, 1.165) is 21.3 Å². The molecule has 2 N–H and O–H groups in total. The normalized spacial score (nSPS) is 12.2. The first-order valence-corrected chi connectivity index (χ1v) is 7.74. The molecule has 0 saturated carbocycles. The maximum atomic E-state index is 13.6. The van der Waals surface area contributed by atoms with E-state index in [0.29, 0.717) is 11.1 Å². The van der Waals surface area contributed by atoms with Crippen LogP contribution < -0.4 is 10.5 Å². The minimum Gasteiger partial charge on any atom is -0.493 e. The minimum absolute atomic E-state index is 0.317. The van der Waals surface area contributed by atoms with Crippen LogP contribution in [0.25, 0.3) is 0 Å². The molecule has 2 aromatic carbocycles. The summed E-state index contributed by atoms with van der Waals surface area (Å²) in [5.41, 5.74) is 7.80. The molecule has 0 spiro atoms. The number of nitrogens with two attached hydrogens (primary N) is 1. The van der Waals surface area contributed by atoms with Crippen molar-refractivity contribution in [2.45, 2.75) is 13.0 Å². The molecule has 0 radical (unpaired) electrons. The molecular formula is C15H14Br2FNO. The molecule has 0 aliphatic carbocycles. The molecule has 0 saturated heterocycles. The molecule has 0 aliphatic heterocycles. The van der Waals surface area contributed by atoms with Crippen LogP contribution in [0.15, 0.2) is 45.3 Å². The first kappa shape index (κ1) is 15.5. The zero-order chi connectivity index (χ0) is 14.7. The van der Waals surface area contributed by atoms with Gasteiger partial charge in [-0.3, -0.25) is 0 Å². The Morgan fingerprint density at radius 3 is 2.35 bits per heavy atom. The van der Waals surface area contributed by atoms with Gasteiger partial charge in [0.05, 0.1) is 21.6 Å². The van der Waals surface area contributed by atoms with E-state index in [1.165, 1.54) is 6.07 Å². The molecule has 0 aromatic heterocycles. The lowest BCUT2D eigenvalue weighted by molar-refractivity contribution is 0.338. The quantitative estimate of drug-likeness (QED) is 0.797. The van der Waals surface area contributed by atoms with Crippen molar-refractivity contribution in [1.29, 1.82) is 0 Å². The van der Waals surface area contributed by atoms with Gasteiger partial charge in [-0.1, -0.05) is 12.1 Å². The van der Waals surface area contributed by atoms with Crippen LogP contribution in [0.3, 0.4) is 0 Å². The van der Waals surface area contributed by atoms with E-state index in [1.807, 2.05) is 31.2 Å². The number of ether oxygens (including phenoxy) is 1. The van der Waals surface area contributed by atoms with Gasteiger partial charge in [0.25, 0.3) is 0 Å². The molecule has 1 atom stereocenters. The van der Waals surface area contributed by atoms with Crippen molar-refractivity contribution in [1.82, 2.24) is 0 Å². The van der Waals surface area contributed by atoms with E-state index >= 15 is 0 Å². The van der Waals surface area contributed by atoms with E-state index in [1.54, 1.807) is 6.07 Å². The van der Waals surface area contributed by atoms with E-state index in [4.69, 9.17) is 10.5 Å². The summed E-state index contributed by atoms with van der Waals surface area (Å²) >= 11 is 6.59. The third kappa shape index (κ3) is 3.40. The number of benzene rings is 2. The topological polar surface area (TPSA) is 35.2 Å². The van der Waals surface area contributed by atoms with Crippen molar-refractivity contribution in [2.24, 2.45) is 5.73 Å². The summed E-state index contributed by atoms with van der Waals surface area (Å²) < 4.78 is 20.3. The van der Waals surface area contributed by atoms with Gasteiger partial charge in [-0.25, -0.2) is 4.39 Å². The first-order chi connectivity index (χ1) is 9.52. The highest BCUT2D eigenvalue weighted by atomic mass is 79.9. The van der Waals surface area contributed by atoms with Crippen LogP contribution in [0.5, 0.6) is 5.75 Å². The Labute approximate surface area is 134 Å². The Bertz CT molecular complexity index is 619. The molecule has 20 heavy (non-hydrogen) atoms. The lowest BCUT2D eigenvalue weighted by atomic mass is 9.99. The predicted octanol–water partition coefficient (Wildman–Crippen LogP) is 4.80. The van der Waals surface area contributed by atoms with Gasteiger partial charge in [-0.05, 0) is 74.2 Å². The smallest absolute Gasteiger partial charge is 0.137 e. The molecule has 0 fully saturated rings.